The zero-order valence-corrected chi connectivity index (χ0v) is 10.4. The fourth-order valence-corrected chi connectivity index (χ4v) is 2.58. The molecule has 1 aliphatic carbocycles. The van der Waals surface area contributed by atoms with Gasteiger partial charge in [-0.25, -0.2) is 0 Å². The molecule has 2 rings (SSSR count). The summed E-state index contributed by atoms with van der Waals surface area (Å²) < 4.78 is 0. The molecule has 96 valence electrons. The average molecular weight is 240 g/mol. The highest BCUT2D eigenvalue weighted by atomic mass is 16.4. The molecule has 0 spiro atoms. The van der Waals surface area contributed by atoms with Gasteiger partial charge in [-0.2, -0.15) is 0 Å². The number of carboxylic acids is 1. The van der Waals surface area contributed by atoms with Gasteiger partial charge in [-0.15, -0.1) is 0 Å². The van der Waals surface area contributed by atoms with E-state index < -0.39 is 11.9 Å². The van der Waals surface area contributed by atoms with E-state index in [4.69, 9.17) is 5.11 Å². The molecule has 5 heteroatoms. The fraction of sp³-hybridized carbons (Fsp3) is 0.833. The maximum Gasteiger partial charge on any atom is 0.307 e. The Morgan fingerprint density at radius 1 is 1.18 bits per heavy atom. The number of carboxylic acid groups (broad SMARTS) is 1. The van der Waals surface area contributed by atoms with Gasteiger partial charge in [-0.3, -0.25) is 9.59 Å². The molecule has 2 fully saturated rings. The van der Waals surface area contributed by atoms with Crippen LogP contribution in [0.25, 0.3) is 0 Å². The Morgan fingerprint density at radius 3 is 2.18 bits per heavy atom. The van der Waals surface area contributed by atoms with Crippen molar-refractivity contribution < 1.29 is 14.7 Å². The Balaban J connectivity index is 1.82. The molecule has 5 nitrogen and oxygen atoms in total. The van der Waals surface area contributed by atoms with E-state index in [1.807, 2.05) is 4.90 Å². The maximum atomic E-state index is 12.0. The summed E-state index contributed by atoms with van der Waals surface area (Å²) in [4.78, 5) is 26.8. The van der Waals surface area contributed by atoms with Crippen LogP contribution < -0.4 is 0 Å². The molecular formula is C12H20N2O3. The predicted molar refractivity (Wildman–Crippen MR) is 62.5 cm³/mol. The largest absolute Gasteiger partial charge is 0.481 e. The second kappa shape index (κ2) is 4.64. The highest BCUT2D eigenvalue weighted by Crippen LogP contribution is 2.40. The predicted octanol–water partition coefficient (Wildman–Crippen LogP) is 0.260. The molecule has 1 saturated heterocycles. The summed E-state index contributed by atoms with van der Waals surface area (Å²) in [7, 11) is 4.12. The molecule has 1 heterocycles. The van der Waals surface area contributed by atoms with Gasteiger partial charge >= 0.3 is 5.97 Å². The van der Waals surface area contributed by atoms with Crippen molar-refractivity contribution in [2.45, 2.75) is 25.3 Å². The van der Waals surface area contributed by atoms with Crippen molar-refractivity contribution in [3.05, 3.63) is 0 Å². The first-order valence-corrected chi connectivity index (χ1v) is 6.18. The van der Waals surface area contributed by atoms with Gasteiger partial charge < -0.3 is 14.9 Å². The van der Waals surface area contributed by atoms with Crippen LogP contribution in [0.3, 0.4) is 0 Å². The van der Waals surface area contributed by atoms with Crippen LogP contribution in [0, 0.1) is 11.8 Å². The molecule has 2 atom stereocenters. The summed E-state index contributed by atoms with van der Waals surface area (Å²) in [6.07, 6.45) is 2.51. The lowest BCUT2D eigenvalue weighted by molar-refractivity contribution is -0.142. The molecule has 0 unspecified atom stereocenters. The van der Waals surface area contributed by atoms with Crippen molar-refractivity contribution >= 4 is 11.9 Å². The number of hydrogen-bond donors (Lipinski definition) is 1. The normalized spacial score (nSPS) is 29.5. The molecule has 2 aliphatic rings. The summed E-state index contributed by atoms with van der Waals surface area (Å²) in [5.41, 5.74) is 0. The van der Waals surface area contributed by atoms with Crippen LogP contribution in [0.2, 0.25) is 0 Å². The van der Waals surface area contributed by atoms with E-state index in [1.165, 1.54) is 0 Å². The number of hydrogen-bond acceptors (Lipinski definition) is 3. The van der Waals surface area contributed by atoms with E-state index in [0.29, 0.717) is 12.5 Å². The van der Waals surface area contributed by atoms with Crippen LogP contribution in [-0.4, -0.2) is 60.0 Å². The van der Waals surface area contributed by atoms with E-state index in [9.17, 15) is 9.59 Å². The third-order valence-electron chi connectivity index (χ3n) is 3.93. The molecule has 0 bridgehead atoms. The van der Waals surface area contributed by atoms with Crippen LogP contribution in [0.1, 0.15) is 19.3 Å². The van der Waals surface area contributed by atoms with Gasteiger partial charge in [0.15, 0.2) is 0 Å². The molecule has 1 amide bonds. The SMILES string of the molecule is CN(C)C1CCN(C(=O)[C@@H]2C[C@@H]2C(=O)O)CC1. The first-order chi connectivity index (χ1) is 8.00. The lowest BCUT2D eigenvalue weighted by Crippen LogP contribution is -2.45. The third-order valence-corrected chi connectivity index (χ3v) is 3.93. The van der Waals surface area contributed by atoms with E-state index in [2.05, 4.69) is 19.0 Å². The van der Waals surface area contributed by atoms with Gasteiger partial charge in [0.2, 0.25) is 5.91 Å². The monoisotopic (exact) mass is 240 g/mol. The van der Waals surface area contributed by atoms with E-state index in [0.717, 1.165) is 25.9 Å². The fourth-order valence-electron chi connectivity index (χ4n) is 2.58. The van der Waals surface area contributed by atoms with Crippen LogP contribution in [0.4, 0.5) is 0 Å². The maximum absolute atomic E-state index is 12.0. The summed E-state index contributed by atoms with van der Waals surface area (Å²) in [5, 5.41) is 8.81. The van der Waals surface area contributed by atoms with Crippen LogP contribution in [-0.2, 0) is 9.59 Å². The lowest BCUT2D eigenvalue weighted by Gasteiger charge is -2.35. The van der Waals surface area contributed by atoms with Crippen molar-refractivity contribution in [2.75, 3.05) is 27.2 Å². The second-order valence-corrected chi connectivity index (χ2v) is 5.31. The zero-order chi connectivity index (χ0) is 12.6. The minimum absolute atomic E-state index is 0.0506. The number of likely N-dealkylation sites (tertiary alicyclic amines) is 1. The van der Waals surface area contributed by atoms with E-state index in [-0.39, 0.29) is 11.8 Å². The quantitative estimate of drug-likeness (QED) is 0.768. The highest BCUT2D eigenvalue weighted by Gasteiger charge is 2.50. The van der Waals surface area contributed by atoms with Crippen LogP contribution >= 0.6 is 0 Å². The minimum atomic E-state index is -0.827. The van der Waals surface area contributed by atoms with Crippen molar-refractivity contribution in [3.8, 4) is 0 Å². The summed E-state index contributed by atoms with van der Waals surface area (Å²) in [6, 6.07) is 0.550. The standard InChI is InChI=1S/C12H20N2O3/c1-13(2)8-3-5-14(6-4-8)11(15)9-7-10(9)12(16)17/h8-10H,3-7H2,1-2H3,(H,16,17)/t9-,10+/m1/s1. The number of aliphatic carboxylic acids is 1. The molecule has 0 aromatic carbocycles. The van der Waals surface area contributed by atoms with Crippen LogP contribution in [0.15, 0.2) is 0 Å². The topological polar surface area (TPSA) is 60.9 Å². The Morgan fingerprint density at radius 2 is 1.76 bits per heavy atom. The molecule has 0 radical (unpaired) electrons. The molecular weight excluding hydrogens is 220 g/mol. The second-order valence-electron chi connectivity index (χ2n) is 5.31. The molecule has 17 heavy (non-hydrogen) atoms. The van der Waals surface area contributed by atoms with Gasteiger partial charge in [-0.05, 0) is 33.4 Å². The van der Waals surface area contributed by atoms with Crippen LogP contribution in [0.5, 0.6) is 0 Å². The van der Waals surface area contributed by atoms with Gasteiger partial charge in [-0.1, -0.05) is 0 Å². The van der Waals surface area contributed by atoms with Gasteiger partial charge in [0.1, 0.15) is 0 Å². The number of carbonyl (C=O) groups is 2. The van der Waals surface area contributed by atoms with Crippen molar-refractivity contribution in [2.24, 2.45) is 11.8 Å². The van der Waals surface area contributed by atoms with Crippen molar-refractivity contribution in [1.82, 2.24) is 9.80 Å². The Hall–Kier alpha value is -1.10. The van der Waals surface area contributed by atoms with Gasteiger partial charge in [0.05, 0.1) is 11.8 Å². The first kappa shape index (κ1) is 12.4. The highest BCUT2D eigenvalue weighted by molar-refractivity contribution is 5.89. The average Bonchev–Trinajstić information content (AvgIpc) is 3.08. The number of rotatable bonds is 3. The van der Waals surface area contributed by atoms with Gasteiger partial charge in [0.25, 0.3) is 0 Å². The Bertz CT molecular complexity index is 322. The molecule has 1 N–H and O–H groups in total. The molecule has 0 aromatic rings. The smallest absolute Gasteiger partial charge is 0.307 e. The minimum Gasteiger partial charge on any atom is -0.481 e. The summed E-state index contributed by atoms with van der Waals surface area (Å²) in [5.74, 6) is -1.45. The summed E-state index contributed by atoms with van der Waals surface area (Å²) >= 11 is 0. The Kier molecular flexibility index (Phi) is 3.38. The van der Waals surface area contributed by atoms with Gasteiger partial charge in [0, 0.05) is 19.1 Å². The first-order valence-electron chi connectivity index (χ1n) is 6.18. The van der Waals surface area contributed by atoms with E-state index >= 15 is 0 Å². The third kappa shape index (κ3) is 2.60. The lowest BCUT2D eigenvalue weighted by atomic mass is 10.0. The molecule has 1 aliphatic heterocycles. The van der Waals surface area contributed by atoms with Crippen molar-refractivity contribution in [1.29, 1.82) is 0 Å². The molecule has 1 saturated carbocycles. The number of nitrogens with zero attached hydrogens (tertiary/aromatic N) is 2. The van der Waals surface area contributed by atoms with Crippen molar-refractivity contribution in [3.63, 3.8) is 0 Å². The molecule has 0 aromatic heterocycles. The Labute approximate surface area is 101 Å². The summed E-state index contributed by atoms with van der Waals surface area (Å²) in [6.45, 7) is 1.54. The number of piperidine rings is 1. The number of carbonyl (C=O) groups excluding carboxylic acids is 1. The number of amides is 1. The van der Waals surface area contributed by atoms with E-state index in [1.54, 1.807) is 0 Å². The zero-order valence-electron chi connectivity index (χ0n) is 10.4.